The molecule has 37 heavy (non-hydrogen) atoms. The quantitative estimate of drug-likeness (QED) is 0.358. The number of Topliss-reactive ketones (excluding diaryl/α,β-unsaturated/α-hetero) is 1. The largest absolute Gasteiger partial charge is 0.382 e. The molecule has 0 aliphatic carbocycles. The first-order valence-electron chi connectivity index (χ1n) is 12.0. The van der Waals surface area contributed by atoms with Crippen molar-refractivity contribution in [2.75, 3.05) is 26.9 Å². The number of methoxy groups -OCH3 is 1. The highest BCUT2D eigenvalue weighted by Crippen LogP contribution is 2.29. The van der Waals surface area contributed by atoms with Gasteiger partial charge >= 0.3 is 0 Å². The van der Waals surface area contributed by atoms with Crippen LogP contribution in [0.2, 0.25) is 0 Å². The van der Waals surface area contributed by atoms with Gasteiger partial charge in [-0.2, -0.15) is 0 Å². The molecule has 0 unspecified atom stereocenters. The molecule has 1 aromatic carbocycles. The molecular formula is C26H36N4O7. The lowest BCUT2D eigenvalue weighted by atomic mass is 9.93. The summed E-state index contributed by atoms with van der Waals surface area (Å²) in [6, 6.07) is 9.85. The first kappa shape index (κ1) is 29.7. The highest BCUT2D eigenvalue weighted by Gasteiger charge is 2.50. The Morgan fingerprint density at radius 3 is 2.24 bits per heavy atom. The van der Waals surface area contributed by atoms with Gasteiger partial charge in [0, 0.05) is 13.2 Å². The molecule has 1 aliphatic heterocycles. The molecule has 1 fully saturated rings. The first-order chi connectivity index (χ1) is 17.6. The summed E-state index contributed by atoms with van der Waals surface area (Å²) >= 11 is 0. The van der Waals surface area contributed by atoms with Crippen LogP contribution in [0.15, 0.2) is 47.1 Å². The Morgan fingerprint density at radius 2 is 1.76 bits per heavy atom. The van der Waals surface area contributed by atoms with E-state index >= 15 is 0 Å². The first-order valence-corrected chi connectivity index (χ1v) is 12.0. The third-order valence-electron chi connectivity index (χ3n) is 5.44. The van der Waals surface area contributed by atoms with Crippen LogP contribution in [0.25, 0.3) is 0 Å². The molecule has 202 valence electrons. The van der Waals surface area contributed by atoms with Crippen LogP contribution in [0.4, 0.5) is 0 Å². The van der Waals surface area contributed by atoms with Gasteiger partial charge in [-0.1, -0.05) is 54.9 Å². The maximum atomic E-state index is 12.6. The molecular weight excluding hydrogens is 480 g/mol. The predicted molar refractivity (Wildman–Crippen MR) is 135 cm³/mol. The minimum absolute atomic E-state index is 0.0625. The van der Waals surface area contributed by atoms with Gasteiger partial charge in [0.2, 0.25) is 17.6 Å². The standard InChI is InChI=1S/C19H28N4O7.C7H8/c1-11(2)7-12(16(25)19(3)10-29-19)22-15(24)8-20-17(26)13(9-28-4)23-18(27)14-5-6-21-30-14;1-7-5-3-2-4-6-7/h5-6,11-13H,7-10H2,1-4H3,(H,20,26)(H,22,24)(H,23,27);2-6H,1H3/t12-,13-,19+;/m0./s1. The number of hydrogen-bond donors (Lipinski definition) is 3. The van der Waals surface area contributed by atoms with Gasteiger partial charge in [0.1, 0.15) is 11.6 Å². The van der Waals surface area contributed by atoms with E-state index in [0.717, 1.165) is 0 Å². The van der Waals surface area contributed by atoms with E-state index in [1.54, 1.807) is 6.92 Å². The summed E-state index contributed by atoms with van der Waals surface area (Å²) in [4.78, 5) is 49.3. The number of epoxide rings is 1. The minimum Gasteiger partial charge on any atom is -0.382 e. The van der Waals surface area contributed by atoms with Crippen LogP contribution in [0, 0.1) is 12.8 Å². The number of nitrogens with zero attached hydrogens (tertiary/aromatic N) is 1. The van der Waals surface area contributed by atoms with Crippen LogP contribution >= 0.6 is 0 Å². The monoisotopic (exact) mass is 516 g/mol. The van der Waals surface area contributed by atoms with Crippen molar-refractivity contribution in [3.8, 4) is 0 Å². The fourth-order valence-corrected chi connectivity index (χ4v) is 3.30. The van der Waals surface area contributed by atoms with E-state index in [2.05, 4.69) is 40.2 Å². The van der Waals surface area contributed by atoms with Crippen LogP contribution in [0.3, 0.4) is 0 Å². The maximum Gasteiger partial charge on any atom is 0.290 e. The smallest absolute Gasteiger partial charge is 0.290 e. The van der Waals surface area contributed by atoms with Crippen LogP contribution in [-0.4, -0.2) is 73.2 Å². The lowest BCUT2D eigenvalue weighted by Crippen LogP contribution is -2.53. The maximum absolute atomic E-state index is 12.6. The zero-order valence-corrected chi connectivity index (χ0v) is 21.9. The van der Waals surface area contributed by atoms with Gasteiger partial charge in [0.25, 0.3) is 5.91 Å². The van der Waals surface area contributed by atoms with E-state index < -0.39 is 35.4 Å². The molecule has 1 aromatic heterocycles. The van der Waals surface area contributed by atoms with Gasteiger partial charge in [-0.15, -0.1) is 0 Å². The minimum atomic E-state index is -1.05. The molecule has 0 radical (unpaired) electrons. The van der Waals surface area contributed by atoms with E-state index in [9.17, 15) is 19.2 Å². The van der Waals surface area contributed by atoms with E-state index in [0.29, 0.717) is 13.0 Å². The fourth-order valence-electron chi connectivity index (χ4n) is 3.30. The molecule has 1 aliphatic rings. The van der Waals surface area contributed by atoms with Crippen molar-refractivity contribution >= 4 is 23.5 Å². The predicted octanol–water partition coefficient (Wildman–Crippen LogP) is 1.42. The number of ether oxygens (including phenoxy) is 2. The average molecular weight is 517 g/mol. The number of aryl methyl sites for hydroxylation is 1. The van der Waals surface area contributed by atoms with Gasteiger partial charge in [-0.25, -0.2) is 0 Å². The summed E-state index contributed by atoms with van der Waals surface area (Å²) in [6.45, 7) is 7.50. The van der Waals surface area contributed by atoms with Gasteiger partial charge in [0.15, 0.2) is 5.78 Å². The third-order valence-corrected chi connectivity index (χ3v) is 5.44. The Hall–Kier alpha value is -3.57. The van der Waals surface area contributed by atoms with Crippen molar-refractivity contribution in [3.63, 3.8) is 0 Å². The summed E-state index contributed by atoms with van der Waals surface area (Å²) < 4.78 is 14.9. The summed E-state index contributed by atoms with van der Waals surface area (Å²) in [5.74, 6) is -1.86. The van der Waals surface area contributed by atoms with Gasteiger partial charge in [-0.3, -0.25) is 19.2 Å². The molecule has 0 saturated carbocycles. The Balaban J connectivity index is 0.000000591. The van der Waals surface area contributed by atoms with E-state index in [4.69, 9.17) is 14.0 Å². The van der Waals surface area contributed by atoms with E-state index in [1.807, 2.05) is 32.0 Å². The van der Waals surface area contributed by atoms with Crippen LogP contribution in [-0.2, 0) is 23.9 Å². The van der Waals surface area contributed by atoms with Gasteiger partial charge in [0.05, 0.1) is 32.0 Å². The van der Waals surface area contributed by atoms with Crippen molar-refractivity contribution in [1.29, 1.82) is 0 Å². The SMILES string of the molecule is COC[C@H](NC(=O)c1ccno1)C(=O)NCC(=O)N[C@@H](CC(C)C)C(=O)[C@@]1(C)CO1.Cc1ccccc1. The number of ketones is 1. The number of amides is 3. The van der Waals surface area contributed by atoms with Crippen molar-refractivity contribution in [3.05, 3.63) is 53.9 Å². The third kappa shape index (κ3) is 10.1. The highest BCUT2D eigenvalue weighted by molar-refractivity contribution is 5.98. The van der Waals surface area contributed by atoms with Crippen LogP contribution in [0.1, 0.15) is 43.3 Å². The topological polar surface area (TPSA) is 152 Å². The lowest BCUT2D eigenvalue weighted by molar-refractivity contribution is -0.131. The number of nitrogens with one attached hydrogen (secondary N) is 3. The van der Waals surface area contributed by atoms with Gasteiger partial charge in [-0.05, 0) is 26.2 Å². The Kier molecular flexibility index (Phi) is 11.4. The van der Waals surface area contributed by atoms with Crippen molar-refractivity contribution in [2.45, 2.75) is 51.8 Å². The molecule has 3 atom stereocenters. The highest BCUT2D eigenvalue weighted by atomic mass is 16.6. The summed E-state index contributed by atoms with van der Waals surface area (Å²) in [7, 11) is 1.37. The fraction of sp³-hybridized carbons (Fsp3) is 0.500. The summed E-state index contributed by atoms with van der Waals surface area (Å²) in [5, 5.41) is 11.0. The average Bonchev–Trinajstić information content (AvgIpc) is 3.37. The van der Waals surface area contributed by atoms with Crippen molar-refractivity contribution in [1.82, 2.24) is 21.1 Å². The summed E-state index contributed by atoms with van der Waals surface area (Å²) in [6.07, 6.45) is 1.75. The number of carbonyl (C=O) groups excluding carboxylic acids is 4. The number of carbonyl (C=O) groups is 4. The molecule has 11 heteroatoms. The van der Waals surface area contributed by atoms with Crippen molar-refractivity contribution < 1.29 is 33.2 Å². The molecule has 1 saturated heterocycles. The van der Waals surface area contributed by atoms with Gasteiger partial charge < -0.3 is 29.9 Å². The Labute approximate surface area is 216 Å². The second kappa shape index (κ2) is 14.2. The molecule has 2 aromatic rings. The molecule has 3 N–H and O–H groups in total. The van der Waals surface area contributed by atoms with E-state index in [-0.39, 0.29) is 30.6 Å². The van der Waals surface area contributed by atoms with Crippen molar-refractivity contribution in [2.24, 2.45) is 5.92 Å². The number of hydrogen-bond acceptors (Lipinski definition) is 8. The number of rotatable bonds is 12. The lowest BCUT2D eigenvalue weighted by Gasteiger charge is -2.22. The number of aromatic nitrogens is 1. The molecule has 0 spiro atoms. The molecule has 2 heterocycles. The molecule has 11 nitrogen and oxygen atoms in total. The number of benzene rings is 1. The Morgan fingerprint density at radius 1 is 1.08 bits per heavy atom. The Bertz CT molecular complexity index is 1020. The zero-order valence-electron chi connectivity index (χ0n) is 21.9. The normalized spacial score (nSPS) is 17.6. The second-order valence-corrected chi connectivity index (χ2v) is 9.36. The zero-order chi connectivity index (χ0) is 27.4. The molecule has 0 bridgehead atoms. The molecule has 3 amide bonds. The van der Waals surface area contributed by atoms with Crippen LogP contribution in [0.5, 0.6) is 0 Å². The van der Waals surface area contributed by atoms with Crippen LogP contribution < -0.4 is 16.0 Å². The summed E-state index contributed by atoms with van der Waals surface area (Å²) in [5.41, 5.74) is 0.465. The molecule has 3 rings (SSSR count). The second-order valence-electron chi connectivity index (χ2n) is 9.36. The van der Waals surface area contributed by atoms with E-state index in [1.165, 1.54) is 24.9 Å².